The smallest absolute Gasteiger partial charge is 0.334 e. The molecule has 0 heterocycles. The van der Waals surface area contributed by atoms with E-state index in [9.17, 15) is 19.8 Å². The molecular weight excluding hydrogens is 262 g/mol. The van der Waals surface area contributed by atoms with Crippen LogP contribution in [0.2, 0.25) is 0 Å². The van der Waals surface area contributed by atoms with Crippen molar-refractivity contribution in [3.63, 3.8) is 0 Å². The summed E-state index contributed by atoms with van der Waals surface area (Å²) in [6.07, 6.45) is 0.512. The van der Waals surface area contributed by atoms with Gasteiger partial charge in [-0.15, -0.1) is 0 Å². The minimum absolute atomic E-state index is 0.0915. The monoisotopic (exact) mass is 281 g/mol. The summed E-state index contributed by atoms with van der Waals surface area (Å²) in [6, 6.07) is 3.93. The number of phenolic OH excluding ortho intramolecular Hbond substituents is 1. The Morgan fingerprint density at radius 2 is 2.05 bits per heavy atom. The quantitative estimate of drug-likeness (QED) is 0.773. The number of nitrogens with zero attached hydrogens (tertiary/aromatic N) is 1. The lowest BCUT2D eigenvalue weighted by Crippen LogP contribution is -2.52. The van der Waals surface area contributed by atoms with E-state index in [1.165, 1.54) is 37.1 Å². The van der Waals surface area contributed by atoms with Crippen molar-refractivity contribution < 1.29 is 24.5 Å². The standard InChI is InChI=1S/C14H19NO5/c1-9(2)15(8-16)14(3,13(18)19)10-5-6-11(17)12(7-10)20-4/h5-9,17H,1-4H3,(H,18,19). The van der Waals surface area contributed by atoms with E-state index in [2.05, 4.69) is 0 Å². The third-order valence-corrected chi connectivity index (χ3v) is 3.34. The van der Waals surface area contributed by atoms with Crippen LogP contribution in [0.5, 0.6) is 11.5 Å². The van der Waals surface area contributed by atoms with Crippen LogP contribution in [0.4, 0.5) is 0 Å². The molecule has 1 aromatic rings. The number of aliphatic carboxylic acids is 1. The highest BCUT2D eigenvalue weighted by molar-refractivity contribution is 5.83. The summed E-state index contributed by atoms with van der Waals surface area (Å²) in [5.41, 5.74) is -1.20. The fraction of sp³-hybridized carbons (Fsp3) is 0.429. The van der Waals surface area contributed by atoms with Gasteiger partial charge in [0.15, 0.2) is 17.0 Å². The van der Waals surface area contributed by atoms with Crippen molar-refractivity contribution in [2.75, 3.05) is 7.11 Å². The highest BCUT2D eigenvalue weighted by Crippen LogP contribution is 2.35. The number of carbonyl (C=O) groups excluding carboxylic acids is 1. The van der Waals surface area contributed by atoms with Crippen molar-refractivity contribution in [1.29, 1.82) is 0 Å². The fourth-order valence-corrected chi connectivity index (χ4v) is 2.11. The zero-order valence-corrected chi connectivity index (χ0v) is 12.0. The lowest BCUT2D eigenvalue weighted by Gasteiger charge is -2.38. The Hall–Kier alpha value is -2.24. The van der Waals surface area contributed by atoms with Gasteiger partial charge in [-0.05, 0) is 38.5 Å². The largest absolute Gasteiger partial charge is 0.504 e. The fourth-order valence-electron chi connectivity index (χ4n) is 2.11. The maximum Gasteiger partial charge on any atom is 0.334 e. The van der Waals surface area contributed by atoms with E-state index >= 15 is 0 Å². The molecule has 6 heteroatoms. The first kappa shape index (κ1) is 15.8. The number of rotatable bonds is 6. The summed E-state index contributed by atoms with van der Waals surface area (Å²) in [5, 5.41) is 19.2. The van der Waals surface area contributed by atoms with E-state index in [4.69, 9.17) is 4.74 Å². The first-order valence-electron chi connectivity index (χ1n) is 6.13. The van der Waals surface area contributed by atoms with Gasteiger partial charge in [0.05, 0.1) is 7.11 Å². The number of aromatic hydroxyl groups is 1. The van der Waals surface area contributed by atoms with Gasteiger partial charge in [0.25, 0.3) is 0 Å². The molecule has 1 unspecified atom stereocenters. The van der Waals surface area contributed by atoms with Gasteiger partial charge >= 0.3 is 5.97 Å². The minimum Gasteiger partial charge on any atom is -0.504 e. The first-order valence-corrected chi connectivity index (χ1v) is 6.13. The Balaban J connectivity index is 3.47. The van der Waals surface area contributed by atoms with Gasteiger partial charge in [-0.25, -0.2) is 4.79 Å². The van der Waals surface area contributed by atoms with Crippen LogP contribution < -0.4 is 4.74 Å². The predicted octanol–water partition coefficient (Wildman–Crippen LogP) is 1.57. The van der Waals surface area contributed by atoms with Gasteiger partial charge in [-0.3, -0.25) is 4.79 Å². The van der Waals surface area contributed by atoms with Crippen LogP contribution in [0.3, 0.4) is 0 Å². The van der Waals surface area contributed by atoms with E-state index < -0.39 is 11.5 Å². The molecule has 0 aliphatic heterocycles. The molecule has 1 rings (SSSR count). The number of carboxylic acids is 1. The predicted molar refractivity (Wildman–Crippen MR) is 72.7 cm³/mol. The van der Waals surface area contributed by atoms with Crippen LogP contribution >= 0.6 is 0 Å². The maximum absolute atomic E-state index is 11.7. The molecule has 0 saturated carbocycles. The Morgan fingerprint density at radius 3 is 2.45 bits per heavy atom. The molecule has 0 spiro atoms. The van der Waals surface area contributed by atoms with E-state index in [0.717, 1.165) is 0 Å². The van der Waals surface area contributed by atoms with Crippen LogP contribution in [0.1, 0.15) is 26.3 Å². The van der Waals surface area contributed by atoms with Crippen molar-refractivity contribution in [2.24, 2.45) is 0 Å². The summed E-state index contributed by atoms with van der Waals surface area (Å²) in [4.78, 5) is 24.2. The number of carbonyl (C=O) groups is 2. The molecule has 0 aromatic heterocycles. The molecule has 6 nitrogen and oxygen atoms in total. The number of amides is 1. The van der Waals surface area contributed by atoms with Gasteiger partial charge in [0.2, 0.25) is 6.41 Å². The Labute approximate surface area is 117 Å². The van der Waals surface area contributed by atoms with E-state index in [1.807, 2.05) is 0 Å². The average Bonchev–Trinajstić information content (AvgIpc) is 2.38. The molecule has 2 N–H and O–H groups in total. The molecule has 0 fully saturated rings. The Bertz CT molecular complexity index is 514. The molecule has 1 amide bonds. The minimum atomic E-state index is -1.54. The molecule has 0 aliphatic carbocycles. The zero-order valence-electron chi connectivity index (χ0n) is 12.0. The number of methoxy groups -OCH3 is 1. The Kier molecular flexibility index (Phi) is 4.60. The SMILES string of the molecule is COc1cc(C(C)(C(=O)O)N(C=O)C(C)C)ccc1O. The highest BCUT2D eigenvalue weighted by atomic mass is 16.5. The number of phenols is 1. The summed E-state index contributed by atoms with van der Waals surface area (Å²) >= 11 is 0. The van der Waals surface area contributed by atoms with Crippen LogP contribution in [0, 0.1) is 0 Å². The maximum atomic E-state index is 11.7. The van der Waals surface area contributed by atoms with Crippen molar-refractivity contribution >= 4 is 12.4 Å². The van der Waals surface area contributed by atoms with Crippen LogP contribution in [-0.4, -0.2) is 40.6 Å². The molecule has 20 heavy (non-hydrogen) atoms. The zero-order chi connectivity index (χ0) is 15.5. The topological polar surface area (TPSA) is 87.1 Å². The molecule has 0 bridgehead atoms. The number of hydrogen-bond acceptors (Lipinski definition) is 4. The van der Waals surface area contributed by atoms with Gasteiger partial charge in [0, 0.05) is 6.04 Å². The lowest BCUT2D eigenvalue weighted by atomic mass is 9.89. The third kappa shape index (κ3) is 2.54. The number of ether oxygens (including phenoxy) is 1. The van der Waals surface area contributed by atoms with Crippen LogP contribution in [0.25, 0.3) is 0 Å². The molecule has 0 radical (unpaired) electrons. The average molecular weight is 281 g/mol. The van der Waals surface area contributed by atoms with E-state index in [1.54, 1.807) is 13.8 Å². The van der Waals surface area contributed by atoms with Gasteiger partial charge < -0.3 is 19.8 Å². The van der Waals surface area contributed by atoms with Crippen molar-refractivity contribution in [2.45, 2.75) is 32.4 Å². The van der Waals surface area contributed by atoms with E-state index in [-0.39, 0.29) is 17.5 Å². The Morgan fingerprint density at radius 1 is 1.45 bits per heavy atom. The molecular formula is C14H19NO5. The number of benzene rings is 1. The van der Waals surface area contributed by atoms with Gasteiger partial charge in [-0.1, -0.05) is 6.07 Å². The second kappa shape index (κ2) is 5.81. The van der Waals surface area contributed by atoms with Crippen LogP contribution in [-0.2, 0) is 15.1 Å². The normalized spacial score (nSPS) is 13.7. The van der Waals surface area contributed by atoms with E-state index in [0.29, 0.717) is 12.0 Å². The van der Waals surface area contributed by atoms with Crippen molar-refractivity contribution in [1.82, 2.24) is 4.90 Å². The number of hydrogen-bond donors (Lipinski definition) is 2. The molecule has 1 atom stereocenters. The molecule has 0 saturated heterocycles. The van der Waals surface area contributed by atoms with Crippen molar-refractivity contribution in [3.8, 4) is 11.5 Å². The third-order valence-electron chi connectivity index (χ3n) is 3.34. The molecule has 0 aliphatic rings. The second-order valence-corrected chi connectivity index (χ2v) is 4.87. The summed E-state index contributed by atoms with van der Waals surface area (Å²) in [5.74, 6) is -1.10. The van der Waals surface area contributed by atoms with Crippen molar-refractivity contribution in [3.05, 3.63) is 23.8 Å². The summed E-state index contributed by atoms with van der Waals surface area (Å²) in [6.45, 7) is 4.90. The highest BCUT2D eigenvalue weighted by Gasteiger charge is 2.42. The summed E-state index contributed by atoms with van der Waals surface area (Å²) in [7, 11) is 1.37. The molecule has 110 valence electrons. The lowest BCUT2D eigenvalue weighted by molar-refractivity contribution is -0.156. The van der Waals surface area contributed by atoms with Crippen LogP contribution in [0.15, 0.2) is 18.2 Å². The molecule has 1 aromatic carbocycles. The van der Waals surface area contributed by atoms with Gasteiger partial charge in [0.1, 0.15) is 0 Å². The number of carboxylic acid groups (broad SMARTS) is 1. The first-order chi connectivity index (χ1) is 9.28. The van der Waals surface area contributed by atoms with Gasteiger partial charge in [-0.2, -0.15) is 0 Å². The summed E-state index contributed by atoms with van der Waals surface area (Å²) < 4.78 is 4.98. The second-order valence-electron chi connectivity index (χ2n) is 4.87.